The van der Waals surface area contributed by atoms with E-state index in [2.05, 4.69) is 15.0 Å². The highest BCUT2D eigenvalue weighted by molar-refractivity contribution is 7.99. The molecule has 0 N–H and O–H groups in total. The Morgan fingerprint density at radius 3 is 2.62 bits per heavy atom. The Morgan fingerprint density at radius 2 is 1.95 bits per heavy atom. The minimum atomic E-state index is -0.800. The number of hydrogen-bond acceptors (Lipinski definition) is 10. The summed E-state index contributed by atoms with van der Waals surface area (Å²) in [5.74, 6) is -0.571. The van der Waals surface area contributed by atoms with Crippen LogP contribution in [0.1, 0.15) is 31.0 Å². The third-order valence-corrected chi connectivity index (χ3v) is 8.16. The van der Waals surface area contributed by atoms with E-state index in [9.17, 15) is 19.7 Å². The Balaban J connectivity index is 1.71. The number of aromatic nitrogens is 3. The lowest BCUT2D eigenvalue weighted by Crippen LogP contribution is -2.39. The maximum absolute atomic E-state index is 13.9. The SMILES string of the molecule is CCOC(=O)C1=C(C)N=c2s/c(=C/c3cc([N+](=O)[O-])ccc3Sc3ncccn3)c(=O)n2[C@H]1c1ccc(Cl)cc1. The Hall–Kier alpha value is -4.13. The molecule has 10 nitrogen and oxygen atoms in total. The molecule has 2 aromatic carbocycles. The van der Waals surface area contributed by atoms with Gasteiger partial charge in [0.1, 0.15) is 0 Å². The van der Waals surface area contributed by atoms with Gasteiger partial charge in [0.15, 0.2) is 9.96 Å². The number of allylic oxidation sites excluding steroid dienone is 1. The summed E-state index contributed by atoms with van der Waals surface area (Å²) in [5, 5.41) is 12.5. The maximum Gasteiger partial charge on any atom is 0.338 e. The number of carbonyl (C=O) groups is 1. The minimum Gasteiger partial charge on any atom is -0.463 e. The fraction of sp³-hybridized carbons (Fsp3) is 0.148. The van der Waals surface area contributed by atoms with Crippen LogP contribution in [0.2, 0.25) is 5.02 Å². The second-order valence-corrected chi connectivity index (χ2v) is 10.9. The van der Waals surface area contributed by atoms with E-state index in [1.807, 2.05) is 0 Å². The number of nitro groups is 1. The van der Waals surface area contributed by atoms with Crippen molar-refractivity contribution >= 4 is 52.4 Å². The minimum absolute atomic E-state index is 0.128. The molecule has 0 amide bonds. The summed E-state index contributed by atoms with van der Waals surface area (Å²) in [5.41, 5.74) is 1.24. The zero-order chi connectivity index (χ0) is 28.4. The highest BCUT2D eigenvalue weighted by atomic mass is 35.5. The molecule has 4 aromatic rings. The van der Waals surface area contributed by atoms with E-state index in [4.69, 9.17) is 16.3 Å². The number of rotatable bonds is 7. The van der Waals surface area contributed by atoms with Gasteiger partial charge in [0, 0.05) is 34.4 Å². The van der Waals surface area contributed by atoms with Crippen molar-refractivity contribution in [1.29, 1.82) is 0 Å². The highest BCUT2D eigenvalue weighted by Gasteiger charge is 2.33. The van der Waals surface area contributed by atoms with Gasteiger partial charge in [-0.05, 0) is 67.1 Å². The predicted molar refractivity (Wildman–Crippen MR) is 151 cm³/mol. The van der Waals surface area contributed by atoms with Crippen LogP contribution in [0.4, 0.5) is 5.69 Å². The van der Waals surface area contributed by atoms with E-state index < -0.39 is 22.5 Å². The smallest absolute Gasteiger partial charge is 0.338 e. The van der Waals surface area contributed by atoms with Gasteiger partial charge in [0.05, 0.1) is 33.4 Å². The lowest BCUT2D eigenvalue weighted by atomic mass is 9.96. The molecule has 0 radical (unpaired) electrons. The van der Waals surface area contributed by atoms with Gasteiger partial charge in [0.2, 0.25) is 0 Å². The van der Waals surface area contributed by atoms with Crippen molar-refractivity contribution in [2.45, 2.75) is 29.9 Å². The van der Waals surface area contributed by atoms with Crippen molar-refractivity contribution in [2.75, 3.05) is 6.61 Å². The Kier molecular flexibility index (Phi) is 7.92. The monoisotopic (exact) mass is 593 g/mol. The predicted octanol–water partition coefficient (Wildman–Crippen LogP) is 4.30. The normalized spacial score (nSPS) is 15.0. The van der Waals surface area contributed by atoms with Crippen LogP contribution in [0.25, 0.3) is 6.08 Å². The molecule has 13 heteroatoms. The van der Waals surface area contributed by atoms with E-state index in [0.29, 0.717) is 36.7 Å². The van der Waals surface area contributed by atoms with E-state index in [1.165, 1.54) is 28.5 Å². The first-order valence-electron chi connectivity index (χ1n) is 11.9. The summed E-state index contributed by atoms with van der Waals surface area (Å²) in [6, 6.07) is 12.1. The summed E-state index contributed by atoms with van der Waals surface area (Å²) in [6.45, 7) is 3.56. The van der Waals surface area contributed by atoms with Crippen LogP contribution in [0.5, 0.6) is 0 Å². The Labute approximate surface area is 240 Å². The number of ether oxygens (including phenoxy) is 1. The molecule has 1 aliphatic rings. The lowest BCUT2D eigenvalue weighted by Gasteiger charge is -2.24. The third-order valence-electron chi connectivity index (χ3n) is 5.94. The van der Waals surface area contributed by atoms with Crippen LogP contribution >= 0.6 is 34.7 Å². The molecule has 1 aliphatic heterocycles. The Morgan fingerprint density at radius 1 is 1.23 bits per heavy atom. The van der Waals surface area contributed by atoms with E-state index in [0.717, 1.165) is 11.3 Å². The molecular formula is C27H20ClN5O5S2. The number of hydrogen-bond donors (Lipinski definition) is 0. The molecule has 0 bridgehead atoms. The van der Waals surface area contributed by atoms with Crippen molar-refractivity contribution in [2.24, 2.45) is 4.99 Å². The van der Waals surface area contributed by atoms with Crippen LogP contribution in [0.3, 0.4) is 0 Å². The fourth-order valence-electron chi connectivity index (χ4n) is 4.18. The number of halogens is 1. The Bertz CT molecular complexity index is 1840. The summed E-state index contributed by atoms with van der Waals surface area (Å²) in [4.78, 5) is 52.0. The molecule has 202 valence electrons. The van der Waals surface area contributed by atoms with E-state index in [-0.39, 0.29) is 22.4 Å². The lowest BCUT2D eigenvalue weighted by molar-refractivity contribution is -0.384. The van der Waals surface area contributed by atoms with Crippen molar-refractivity contribution in [1.82, 2.24) is 14.5 Å². The van der Waals surface area contributed by atoms with E-state index >= 15 is 0 Å². The van der Waals surface area contributed by atoms with Gasteiger partial charge in [-0.3, -0.25) is 19.5 Å². The number of carbonyl (C=O) groups excluding carboxylic acids is 1. The number of fused-ring (bicyclic) bond motifs is 1. The first kappa shape index (κ1) is 27.4. The standard InChI is InChI=1S/C27H20ClN5O5S2/c1-3-38-25(35)22-15(2)31-27-32(23(22)16-5-7-18(28)8-6-16)24(34)21(40-27)14-17-13-19(33(36)37)9-10-20(17)39-26-29-11-4-12-30-26/h4-14,23H,3H2,1-2H3/b21-14+/t23-/m0/s1. The fourth-order valence-corrected chi connectivity index (χ4v) is 6.14. The summed E-state index contributed by atoms with van der Waals surface area (Å²) >= 11 is 8.45. The second-order valence-electron chi connectivity index (χ2n) is 8.47. The van der Waals surface area contributed by atoms with Crippen LogP contribution in [0.15, 0.2) is 92.0 Å². The topological polar surface area (TPSA) is 130 Å². The second kappa shape index (κ2) is 11.5. The largest absolute Gasteiger partial charge is 0.463 e. The first-order valence-corrected chi connectivity index (χ1v) is 14.0. The average Bonchev–Trinajstić information content (AvgIpc) is 3.24. The van der Waals surface area contributed by atoms with Gasteiger partial charge in [-0.25, -0.2) is 19.8 Å². The summed E-state index contributed by atoms with van der Waals surface area (Å²) in [6.07, 6.45) is 4.78. The molecule has 40 heavy (non-hydrogen) atoms. The molecular weight excluding hydrogens is 574 g/mol. The van der Waals surface area contributed by atoms with Gasteiger partial charge >= 0.3 is 5.97 Å². The van der Waals surface area contributed by atoms with Crippen molar-refractivity contribution in [3.05, 3.63) is 118 Å². The molecule has 0 fully saturated rings. The maximum atomic E-state index is 13.9. The molecule has 0 spiro atoms. The number of nitrogens with zero attached hydrogens (tertiary/aromatic N) is 5. The molecule has 0 saturated carbocycles. The van der Waals surface area contributed by atoms with Crippen LogP contribution < -0.4 is 14.9 Å². The first-order chi connectivity index (χ1) is 19.3. The zero-order valence-electron chi connectivity index (χ0n) is 21.1. The zero-order valence-corrected chi connectivity index (χ0v) is 23.5. The van der Waals surface area contributed by atoms with Crippen molar-refractivity contribution < 1.29 is 14.5 Å². The van der Waals surface area contributed by atoms with Crippen LogP contribution in [0, 0.1) is 10.1 Å². The quantitative estimate of drug-likeness (QED) is 0.134. The van der Waals surface area contributed by atoms with Gasteiger partial charge in [-0.2, -0.15) is 0 Å². The number of nitro benzene ring substituents is 1. The van der Waals surface area contributed by atoms with Crippen LogP contribution in [-0.2, 0) is 9.53 Å². The number of thiazole rings is 1. The van der Waals surface area contributed by atoms with Gasteiger partial charge in [0.25, 0.3) is 11.2 Å². The molecule has 0 saturated heterocycles. The van der Waals surface area contributed by atoms with Gasteiger partial charge < -0.3 is 4.74 Å². The van der Waals surface area contributed by atoms with E-state index in [1.54, 1.807) is 68.7 Å². The molecule has 1 atom stereocenters. The third kappa shape index (κ3) is 5.46. The molecule has 2 aromatic heterocycles. The summed E-state index contributed by atoms with van der Waals surface area (Å²) in [7, 11) is 0. The van der Waals surface area contributed by atoms with Crippen molar-refractivity contribution in [3.8, 4) is 0 Å². The van der Waals surface area contributed by atoms with Gasteiger partial charge in [-0.15, -0.1) is 0 Å². The van der Waals surface area contributed by atoms with Crippen LogP contribution in [-0.4, -0.2) is 32.0 Å². The highest BCUT2D eigenvalue weighted by Crippen LogP contribution is 2.32. The molecule has 3 heterocycles. The number of non-ortho nitro benzene ring substituents is 1. The van der Waals surface area contributed by atoms with Gasteiger partial charge in [-0.1, -0.05) is 35.1 Å². The number of esters is 1. The average molecular weight is 594 g/mol. The molecule has 0 unspecified atom stereocenters. The molecule has 0 aliphatic carbocycles. The van der Waals surface area contributed by atoms with Crippen molar-refractivity contribution in [3.63, 3.8) is 0 Å². The number of benzene rings is 2. The summed E-state index contributed by atoms with van der Waals surface area (Å²) < 4.78 is 7.04. The molecule has 5 rings (SSSR count).